The number of carbonyl (C=O) groups excluding carboxylic acids is 2. The largest absolute Gasteiger partial charge is 0.295 e. The normalized spacial score (nSPS) is 43.2. The topological polar surface area (TPSA) is 34.1 Å². The first-order valence-corrected chi connectivity index (χ1v) is 22.7. The van der Waals surface area contributed by atoms with E-state index in [0.29, 0.717) is 22.4 Å². The molecule has 0 amide bonds. The van der Waals surface area contributed by atoms with Crippen molar-refractivity contribution >= 4 is 11.6 Å². The Morgan fingerprint density at radius 1 is 0.556 bits per heavy atom. The average molecular weight is 745 g/mol. The third kappa shape index (κ3) is 7.66. The molecule has 4 saturated carbocycles. The van der Waals surface area contributed by atoms with Crippen LogP contribution in [0.25, 0.3) is 0 Å². The second-order valence-electron chi connectivity index (χ2n) is 19.5. The first-order chi connectivity index (χ1) is 24.8. The summed E-state index contributed by atoms with van der Waals surface area (Å²) in [5, 5.41) is 0. The molecule has 8 aliphatic carbocycles. The highest BCUT2D eigenvalue weighted by molar-refractivity contribution is 5.92. The van der Waals surface area contributed by atoms with Gasteiger partial charge in [0.05, 0.1) is 0 Å². The van der Waals surface area contributed by atoms with Crippen molar-refractivity contribution in [2.75, 3.05) is 0 Å². The van der Waals surface area contributed by atoms with Gasteiger partial charge in [-0.15, -0.1) is 0 Å². The van der Waals surface area contributed by atoms with Gasteiger partial charge in [-0.3, -0.25) is 9.59 Å². The molecule has 14 unspecified atom stereocenters. The van der Waals surface area contributed by atoms with Crippen molar-refractivity contribution in [3.05, 3.63) is 47.6 Å². The first kappa shape index (κ1) is 46.7. The highest BCUT2D eigenvalue weighted by Crippen LogP contribution is 2.68. The molecule has 0 spiro atoms. The molecule has 4 fully saturated rings. The highest BCUT2D eigenvalue weighted by atomic mass is 16.1. The molecule has 14 atom stereocenters. The van der Waals surface area contributed by atoms with Gasteiger partial charge in [-0.25, -0.2) is 0 Å². The molecule has 2 nitrogen and oxygen atoms in total. The number of allylic oxidation sites excluding steroid dienone is 8. The van der Waals surface area contributed by atoms with Crippen molar-refractivity contribution in [1.82, 2.24) is 0 Å². The van der Waals surface area contributed by atoms with Crippen molar-refractivity contribution in [3.63, 3.8) is 0 Å². The number of rotatable bonds is 4. The van der Waals surface area contributed by atoms with Crippen LogP contribution in [0.2, 0.25) is 0 Å². The van der Waals surface area contributed by atoms with Gasteiger partial charge in [-0.2, -0.15) is 0 Å². The summed E-state index contributed by atoms with van der Waals surface area (Å²) in [6.45, 7) is 27.8. The molecule has 0 heterocycles. The van der Waals surface area contributed by atoms with Crippen LogP contribution >= 0.6 is 0 Å². The number of hydrogen-bond donors (Lipinski definition) is 0. The Bertz CT molecular complexity index is 1300. The summed E-state index contributed by atoms with van der Waals surface area (Å²) < 4.78 is 0. The fourth-order valence-electron chi connectivity index (χ4n) is 14.5. The van der Waals surface area contributed by atoms with E-state index >= 15 is 0 Å². The number of carbonyl (C=O) groups is 2. The van der Waals surface area contributed by atoms with Crippen molar-refractivity contribution in [3.8, 4) is 0 Å². The Morgan fingerprint density at radius 2 is 0.907 bits per heavy atom. The Balaban J connectivity index is 0.000000257. The predicted molar refractivity (Wildman–Crippen MR) is 235 cm³/mol. The standard InChI is InChI=1S/2C23H34O.2C2H6.2CH4/c2*1-5-15(2)19-8-9-20-18-7-6-16-14-17(24)10-12-22(16,3)21(18)11-13-23(19,20)4;2*1-2;;/h2*6-7,14-15,18-21H,5,8-13H2,1-4H3;2*1-2H3;2*1H4. The van der Waals surface area contributed by atoms with Crippen molar-refractivity contribution in [1.29, 1.82) is 0 Å². The number of ketones is 2. The average Bonchev–Trinajstić information content (AvgIpc) is 3.70. The van der Waals surface area contributed by atoms with Crippen LogP contribution in [0.3, 0.4) is 0 Å². The molecule has 0 aromatic rings. The zero-order valence-electron chi connectivity index (χ0n) is 36.0. The minimum atomic E-state index is 0. The van der Waals surface area contributed by atoms with Crippen LogP contribution in [0.15, 0.2) is 47.6 Å². The van der Waals surface area contributed by atoms with Gasteiger partial charge < -0.3 is 0 Å². The van der Waals surface area contributed by atoms with E-state index in [1.807, 2.05) is 39.8 Å². The molecular formula is C52H88O2. The molecule has 308 valence electrons. The lowest BCUT2D eigenvalue weighted by Gasteiger charge is -2.56. The van der Waals surface area contributed by atoms with E-state index in [9.17, 15) is 9.59 Å². The van der Waals surface area contributed by atoms with E-state index in [1.54, 1.807) is 0 Å². The molecule has 0 aromatic heterocycles. The number of fused-ring (bicyclic) bond motifs is 10. The van der Waals surface area contributed by atoms with Gasteiger partial charge >= 0.3 is 0 Å². The Labute approximate surface area is 336 Å². The van der Waals surface area contributed by atoms with Crippen molar-refractivity contribution < 1.29 is 9.59 Å². The summed E-state index contributed by atoms with van der Waals surface area (Å²) in [5.74, 6) is 8.97. The molecule has 0 saturated heterocycles. The van der Waals surface area contributed by atoms with Crippen LogP contribution in [0.1, 0.15) is 188 Å². The molecule has 0 aliphatic heterocycles. The quantitative estimate of drug-likeness (QED) is 0.287. The minimum absolute atomic E-state index is 0. The summed E-state index contributed by atoms with van der Waals surface area (Å²) in [6, 6.07) is 0. The molecule has 0 radical (unpaired) electrons. The van der Waals surface area contributed by atoms with E-state index in [0.717, 1.165) is 84.9 Å². The SMILES string of the molecule is C.C.CC.CC.CCC(C)C1CCC2C3C=CC4=CC(=O)CCC4(C)C3CCC12C.CCC(C)C1CCC2C3C=CC4=CC(=O)CCC4(C)C3CCC12C. The summed E-state index contributed by atoms with van der Waals surface area (Å²) >= 11 is 0. The first-order valence-electron chi connectivity index (χ1n) is 22.7. The maximum Gasteiger partial charge on any atom is 0.156 e. The predicted octanol–water partition coefficient (Wildman–Crippen LogP) is 15.2. The maximum absolute atomic E-state index is 11.9. The molecule has 54 heavy (non-hydrogen) atoms. The lowest BCUT2D eigenvalue weighted by Crippen LogP contribution is -2.49. The van der Waals surface area contributed by atoms with Gasteiger partial charge in [0.1, 0.15) is 0 Å². The fraction of sp³-hybridized carbons (Fsp3) is 0.808. The van der Waals surface area contributed by atoms with Gasteiger partial charge in [0.15, 0.2) is 11.6 Å². The maximum atomic E-state index is 11.9. The van der Waals surface area contributed by atoms with E-state index in [4.69, 9.17) is 0 Å². The van der Waals surface area contributed by atoms with Gasteiger partial charge in [0, 0.05) is 12.8 Å². The van der Waals surface area contributed by atoms with E-state index in [-0.39, 0.29) is 25.7 Å². The molecule has 2 heteroatoms. The van der Waals surface area contributed by atoms with Crippen LogP contribution in [0.5, 0.6) is 0 Å². The Morgan fingerprint density at radius 3 is 1.24 bits per heavy atom. The summed E-state index contributed by atoms with van der Waals surface area (Å²) in [5.41, 5.74) is 4.26. The molecular weight excluding hydrogens is 657 g/mol. The van der Waals surface area contributed by atoms with Crippen LogP contribution in [0, 0.1) is 80.8 Å². The van der Waals surface area contributed by atoms with E-state index < -0.39 is 0 Å². The molecule has 8 rings (SSSR count). The Hall–Kier alpha value is -1.70. The minimum Gasteiger partial charge on any atom is -0.295 e. The van der Waals surface area contributed by atoms with Gasteiger partial charge in [0.25, 0.3) is 0 Å². The number of hydrogen-bond acceptors (Lipinski definition) is 2. The second kappa shape index (κ2) is 18.3. The van der Waals surface area contributed by atoms with Crippen LogP contribution in [-0.4, -0.2) is 11.6 Å². The van der Waals surface area contributed by atoms with Crippen LogP contribution in [0.4, 0.5) is 0 Å². The third-order valence-corrected chi connectivity index (χ3v) is 17.8. The molecule has 8 aliphatic rings. The van der Waals surface area contributed by atoms with E-state index in [2.05, 4.69) is 79.7 Å². The zero-order chi connectivity index (χ0) is 38.2. The van der Waals surface area contributed by atoms with E-state index in [1.165, 1.54) is 75.4 Å². The smallest absolute Gasteiger partial charge is 0.156 e. The lowest BCUT2D eigenvalue weighted by atomic mass is 9.48. The van der Waals surface area contributed by atoms with Crippen molar-refractivity contribution in [2.45, 2.75) is 188 Å². The summed E-state index contributed by atoms with van der Waals surface area (Å²) in [7, 11) is 0. The highest BCUT2D eigenvalue weighted by Gasteiger charge is 2.60. The van der Waals surface area contributed by atoms with Gasteiger partial charge in [-0.1, -0.05) is 135 Å². The molecule has 0 N–H and O–H groups in total. The van der Waals surface area contributed by atoms with Gasteiger partial charge in [0.2, 0.25) is 0 Å². The molecule has 0 bridgehead atoms. The van der Waals surface area contributed by atoms with Crippen LogP contribution < -0.4 is 0 Å². The Kier molecular flexibility index (Phi) is 15.8. The zero-order valence-corrected chi connectivity index (χ0v) is 36.0. The van der Waals surface area contributed by atoms with Crippen molar-refractivity contribution in [2.24, 2.45) is 80.8 Å². The summed E-state index contributed by atoms with van der Waals surface area (Å²) in [4.78, 5) is 23.8. The lowest BCUT2D eigenvalue weighted by molar-refractivity contribution is -0.117. The summed E-state index contributed by atoms with van der Waals surface area (Å²) in [6.07, 6.45) is 31.1. The molecule has 0 aromatic carbocycles. The third-order valence-electron chi connectivity index (χ3n) is 17.8. The van der Waals surface area contributed by atoms with Crippen LogP contribution in [-0.2, 0) is 9.59 Å². The second-order valence-corrected chi connectivity index (χ2v) is 19.5. The van der Waals surface area contributed by atoms with Gasteiger partial charge in [-0.05, 0) is 168 Å². The fourth-order valence-corrected chi connectivity index (χ4v) is 14.5. The monoisotopic (exact) mass is 745 g/mol.